The number of imide groups is 1. The van der Waals surface area contributed by atoms with Crippen molar-refractivity contribution < 1.29 is 23.9 Å². The highest BCUT2D eigenvalue weighted by atomic mass is 16.5. The average molecular weight is 383 g/mol. The molecule has 28 heavy (non-hydrogen) atoms. The van der Waals surface area contributed by atoms with Crippen LogP contribution in [0.5, 0.6) is 0 Å². The molecular weight excluding hydrogens is 362 g/mol. The molecule has 0 atom stereocenters. The van der Waals surface area contributed by atoms with Crippen LogP contribution in [0.2, 0.25) is 0 Å². The third-order valence-corrected chi connectivity index (χ3v) is 4.39. The van der Waals surface area contributed by atoms with Crippen LogP contribution in [0.3, 0.4) is 0 Å². The van der Waals surface area contributed by atoms with E-state index >= 15 is 0 Å². The Morgan fingerprint density at radius 3 is 2.57 bits per heavy atom. The molecule has 2 aromatic rings. The maximum Gasteiger partial charge on any atom is 0.326 e. The number of rotatable bonds is 7. The smallest absolute Gasteiger partial charge is 0.326 e. The van der Waals surface area contributed by atoms with Gasteiger partial charge >= 0.3 is 12.0 Å². The molecule has 2 aromatic carbocycles. The van der Waals surface area contributed by atoms with Crippen LogP contribution in [0.25, 0.3) is 10.8 Å². The standard InChI is InChI=1S/C20H21N3O5/c1-22-12-18(25)23(20(22)27)10-4-7-19(26)28-13-17(24)21-16-9-8-14-5-2-3-6-15(14)11-16/h2-3,5-6,8-9,11H,4,7,10,12-13H2,1H3,(H,21,24). The van der Waals surface area contributed by atoms with E-state index in [4.69, 9.17) is 4.74 Å². The highest BCUT2D eigenvalue weighted by Gasteiger charge is 2.32. The predicted octanol–water partition coefficient (Wildman–Crippen LogP) is 2.00. The summed E-state index contributed by atoms with van der Waals surface area (Å²) in [6, 6.07) is 12.9. The van der Waals surface area contributed by atoms with E-state index in [9.17, 15) is 19.2 Å². The van der Waals surface area contributed by atoms with Crippen LogP contribution in [-0.4, -0.2) is 60.4 Å². The summed E-state index contributed by atoms with van der Waals surface area (Å²) >= 11 is 0. The number of ether oxygens (including phenoxy) is 1. The largest absolute Gasteiger partial charge is 0.456 e. The van der Waals surface area contributed by atoms with Gasteiger partial charge in [-0.3, -0.25) is 19.3 Å². The fraction of sp³-hybridized carbons (Fsp3) is 0.300. The van der Waals surface area contributed by atoms with Crippen molar-refractivity contribution in [3.05, 3.63) is 42.5 Å². The second-order valence-corrected chi connectivity index (χ2v) is 6.56. The summed E-state index contributed by atoms with van der Waals surface area (Å²) in [5.74, 6) is -1.27. The number of nitrogens with one attached hydrogen (secondary N) is 1. The van der Waals surface area contributed by atoms with Crippen LogP contribution < -0.4 is 5.32 Å². The first-order valence-corrected chi connectivity index (χ1v) is 8.94. The lowest BCUT2D eigenvalue weighted by Gasteiger charge is -2.13. The van der Waals surface area contributed by atoms with E-state index in [0.29, 0.717) is 5.69 Å². The van der Waals surface area contributed by atoms with Crippen molar-refractivity contribution in [2.45, 2.75) is 12.8 Å². The number of hydrogen-bond donors (Lipinski definition) is 1. The van der Waals surface area contributed by atoms with Crippen LogP contribution in [0.4, 0.5) is 10.5 Å². The van der Waals surface area contributed by atoms with Gasteiger partial charge in [-0.2, -0.15) is 0 Å². The zero-order chi connectivity index (χ0) is 20.1. The minimum Gasteiger partial charge on any atom is -0.456 e. The highest BCUT2D eigenvalue weighted by molar-refractivity contribution is 6.01. The SMILES string of the molecule is CN1CC(=O)N(CCCC(=O)OCC(=O)Nc2ccc3ccccc3c2)C1=O. The van der Waals surface area contributed by atoms with E-state index in [-0.39, 0.29) is 37.9 Å². The summed E-state index contributed by atoms with van der Waals surface area (Å²) in [5, 5.41) is 4.74. The molecule has 0 spiro atoms. The van der Waals surface area contributed by atoms with Crippen molar-refractivity contribution in [2.24, 2.45) is 0 Å². The molecule has 0 bridgehead atoms. The topological polar surface area (TPSA) is 96.0 Å². The number of urea groups is 1. The number of nitrogens with zero attached hydrogens (tertiary/aromatic N) is 2. The molecule has 8 nitrogen and oxygen atoms in total. The van der Waals surface area contributed by atoms with E-state index in [1.54, 1.807) is 13.1 Å². The third-order valence-electron chi connectivity index (χ3n) is 4.39. The first kappa shape index (κ1) is 19.3. The Balaban J connectivity index is 1.39. The summed E-state index contributed by atoms with van der Waals surface area (Å²) in [6.45, 7) is -0.186. The molecule has 1 fully saturated rings. The normalized spacial score (nSPS) is 13.9. The Kier molecular flexibility index (Phi) is 5.88. The lowest BCUT2D eigenvalue weighted by molar-refractivity contribution is -0.147. The first-order chi connectivity index (χ1) is 13.4. The lowest BCUT2D eigenvalue weighted by Crippen LogP contribution is -2.32. The number of anilines is 1. The van der Waals surface area contributed by atoms with Crippen molar-refractivity contribution in [1.29, 1.82) is 0 Å². The predicted molar refractivity (Wildman–Crippen MR) is 103 cm³/mol. The minimum absolute atomic E-state index is 0.0179. The van der Waals surface area contributed by atoms with Crippen LogP contribution in [0.1, 0.15) is 12.8 Å². The number of likely N-dealkylation sites (N-methyl/N-ethyl adjacent to an activating group) is 1. The molecule has 0 unspecified atom stereocenters. The van der Waals surface area contributed by atoms with Gasteiger partial charge < -0.3 is 15.0 Å². The lowest BCUT2D eigenvalue weighted by atomic mass is 10.1. The minimum atomic E-state index is -0.555. The van der Waals surface area contributed by atoms with Gasteiger partial charge in [-0.15, -0.1) is 0 Å². The monoisotopic (exact) mass is 383 g/mol. The summed E-state index contributed by atoms with van der Waals surface area (Å²) < 4.78 is 4.95. The Hall–Kier alpha value is -3.42. The number of carbonyl (C=O) groups excluding carboxylic acids is 4. The first-order valence-electron chi connectivity index (χ1n) is 8.94. The van der Waals surface area contributed by atoms with E-state index in [0.717, 1.165) is 15.7 Å². The molecule has 8 heteroatoms. The quantitative estimate of drug-likeness (QED) is 0.583. The van der Waals surface area contributed by atoms with Gasteiger partial charge in [0, 0.05) is 25.7 Å². The molecule has 0 aromatic heterocycles. The fourth-order valence-electron chi connectivity index (χ4n) is 2.95. The van der Waals surface area contributed by atoms with Gasteiger partial charge in [0.15, 0.2) is 6.61 Å². The number of fused-ring (bicyclic) bond motifs is 1. The average Bonchev–Trinajstić information content (AvgIpc) is 2.92. The number of esters is 1. The molecule has 0 radical (unpaired) electrons. The number of benzene rings is 2. The Labute approximate surface area is 162 Å². The van der Waals surface area contributed by atoms with Gasteiger partial charge in [0.25, 0.3) is 5.91 Å². The summed E-state index contributed by atoms with van der Waals surface area (Å²) in [6.07, 6.45) is 0.306. The van der Waals surface area contributed by atoms with Gasteiger partial charge in [0.1, 0.15) is 6.54 Å². The molecule has 1 heterocycles. The van der Waals surface area contributed by atoms with Gasteiger partial charge in [-0.05, 0) is 29.3 Å². The molecule has 4 amide bonds. The number of carbonyl (C=O) groups is 4. The van der Waals surface area contributed by atoms with Crippen molar-refractivity contribution in [2.75, 3.05) is 32.1 Å². The second kappa shape index (κ2) is 8.51. The zero-order valence-corrected chi connectivity index (χ0v) is 15.5. The molecular formula is C20H21N3O5. The van der Waals surface area contributed by atoms with Gasteiger partial charge in [-0.1, -0.05) is 30.3 Å². The van der Waals surface area contributed by atoms with Crippen LogP contribution in [-0.2, 0) is 19.1 Å². The summed E-state index contributed by atoms with van der Waals surface area (Å²) in [5.41, 5.74) is 0.620. The van der Waals surface area contributed by atoms with Crippen molar-refractivity contribution in [1.82, 2.24) is 9.80 Å². The molecule has 1 N–H and O–H groups in total. The fourth-order valence-corrected chi connectivity index (χ4v) is 2.95. The summed E-state index contributed by atoms with van der Waals surface area (Å²) in [4.78, 5) is 49.5. The Bertz CT molecular complexity index is 927. The maximum absolute atomic E-state index is 12.0. The van der Waals surface area contributed by atoms with Gasteiger partial charge in [0.05, 0.1) is 0 Å². The molecule has 0 saturated carbocycles. The molecule has 3 rings (SSSR count). The third kappa shape index (κ3) is 4.64. The van der Waals surface area contributed by atoms with E-state index in [1.807, 2.05) is 36.4 Å². The van der Waals surface area contributed by atoms with Crippen molar-refractivity contribution >= 4 is 40.3 Å². The van der Waals surface area contributed by atoms with E-state index in [2.05, 4.69) is 5.32 Å². The van der Waals surface area contributed by atoms with Gasteiger partial charge in [-0.25, -0.2) is 4.79 Å². The van der Waals surface area contributed by atoms with Crippen LogP contribution in [0.15, 0.2) is 42.5 Å². The van der Waals surface area contributed by atoms with E-state index < -0.39 is 18.5 Å². The summed E-state index contributed by atoms with van der Waals surface area (Å²) in [7, 11) is 1.54. The molecule has 146 valence electrons. The second-order valence-electron chi connectivity index (χ2n) is 6.56. The van der Waals surface area contributed by atoms with Crippen LogP contribution in [0, 0.1) is 0 Å². The number of amides is 4. The molecule has 1 aliphatic rings. The van der Waals surface area contributed by atoms with Gasteiger partial charge in [0.2, 0.25) is 5.91 Å². The van der Waals surface area contributed by atoms with Crippen molar-refractivity contribution in [3.8, 4) is 0 Å². The Morgan fingerprint density at radius 1 is 1.11 bits per heavy atom. The molecule has 1 saturated heterocycles. The molecule has 1 aliphatic heterocycles. The highest BCUT2D eigenvalue weighted by Crippen LogP contribution is 2.18. The molecule has 0 aliphatic carbocycles. The maximum atomic E-state index is 12.0. The number of hydrogen-bond acceptors (Lipinski definition) is 5. The van der Waals surface area contributed by atoms with Crippen molar-refractivity contribution in [3.63, 3.8) is 0 Å². The van der Waals surface area contributed by atoms with E-state index in [1.165, 1.54) is 4.90 Å². The zero-order valence-electron chi connectivity index (χ0n) is 15.5. The Morgan fingerprint density at radius 2 is 1.86 bits per heavy atom. The van der Waals surface area contributed by atoms with Crippen LogP contribution >= 0.6 is 0 Å².